The number of amides is 1. The molecule has 0 heterocycles. The maximum Gasteiger partial charge on any atom is 0.252 e. The summed E-state index contributed by atoms with van der Waals surface area (Å²) in [5.74, 6) is -0.0829. The Balaban J connectivity index is 2.42. The van der Waals surface area contributed by atoms with Crippen LogP contribution in [0.25, 0.3) is 11.6 Å². The summed E-state index contributed by atoms with van der Waals surface area (Å²) < 4.78 is 0. The van der Waals surface area contributed by atoms with Crippen molar-refractivity contribution >= 4 is 29.2 Å². The van der Waals surface area contributed by atoms with Gasteiger partial charge in [0, 0.05) is 16.6 Å². The summed E-state index contributed by atoms with van der Waals surface area (Å²) in [6.07, 6.45) is 2.73. The molecule has 0 bridgehead atoms. The highest BCUT2D eigenvalue weighted by atomic mass is 35.5. The highest BCUT2D eigenvalue weighted by molar-refractivity contribution is 6.33. The van der Waals surface area contributed by atoms with Crippen LogP contribution in [0.2, 0.25) is 5.02 Å². The van der Waals surface area contributed by atoms with Crippen LogP contribution in [0.1, 0.15) is 31.4 Å². The number of hydrogen-bond donors (Lipinski definition) is 1. The van der Waals surface area contributed by atoms with Gasteiger partial charge in [0.25, 0.3) is 5.91 Å². The minimum absolute atomic E-state index is 0.0829. The molecule has 22 heavy (non-hydrogen) atoms. The predicted molar refractivity (Wildman–Crippen MR) is 93.7 cm³/mol. The summed E-state index contributed by atoms with van der Waals surface area (Å²) in [4.78, 5) is 12.6. The maximum atomic E-state index is 12.6. The van der Waals surface area contributed by atoms with Crippen molar-refractivity contribution in [3.05, 3.63) is 70.7 Å². The van der Waals surface area contributed by atoms with E-state index in [4.69, 9.17) is 11.6 Å². The summed E-state index contributed by atoms with van der Waals surface area (Å²) in [6.45, 7) is 4.04. The maximum absolute atomic E-state index is 12.6. The van der Waals surface area contributed by atoms with Crippen LogP contribution in [0.4, 0.5) is 0 Å². The molecular weight excluding hydrogens is 294 g/mol. The van der Waals surface area contributed by atoms with Crippen molar-refractivity contribution in [2.24, 2.45) is 0 Å². The van der Waals surface area contributed by atoms with Gasteiger partial charge in [-0.05, 0) is 36.6 Å². The number of rotatable bonds is 5. The van der Waals surface area contributed by atoms with Crippen molar-refractivity contribution in [3.8, 4) is 0 Å². The Labute approximate surface area is 136 Å². The first-order valence-corrected chi connectivity index (χ1v) is 7.82. The molecule has 114 valence electrons. The quantitative estimate of drug-likeness (QED) is 0.623. The fourth-order valence-corrected chi connectivity index (χ4v) is 2.24. The van der Waals surface area contributed by atoms with E-state index in [0.717, 1.165) is 17.5 Å². The molecule has 3 heteroatoms. The van der Waals surface area contributed by atoms with E-state index in [1.165, 1.54) is 0 Å². The minimum atomic E-state index is -0.0829. The third-order valence-corrected chi connectivity index (χ3v) is 3.87. The second kappa shape index (κ2) is 7.81. The van der Waals surface area contributed by atoms with Crippen LogP contribution < -0.4 is 5.32 Å². The van der Waals surface area contributed by atoms with E-state index >= 15 is 0 Å². The Morgan fingerprint density at radius 2 is 1.77 bits per heavy atom. The Bertz CT molecular complexity index is 664. The lowest BCUT2D eigenvalue weighted by Gasteiger charge is -2.14. The molecule has 0 radical (unpaired) electrons. The zero-order valence-electron chi connectivity index (χ0n) is 12.8. The highest BCUT2D eigenvalue weighted by Crippen LogP contribution is 2.23. The molecular formula is C19H20ClNO. The Morgan fingerprint density at radius 3 is 2.41 bits per heavy atom. The summed E-state index contributed by atoms with van der Waals surface area (Å²) in [7, 11) is 0. The molecule has 0 saturated heterocycles. The second-order valence-electron chi connectivity index (χ2n) is 5.23. The van der Waals surface area contributed by atoms with Gasteiger partial charge in [-0.25, -0.2) is 0 Å². The zero-order chi connectivity index (χ0) is 15.9. The lowest BCUT2D eigenvalue weighted by molar-refractivity contribution is -0.116. The summed E-state index contributed by atoms with van der Waals surface area (Å²) in [5.41, 5.74) is 2.33. The normalized spacial score (nSPS) is 12.8. The van der Waals surface area contributed by atoms with Gasteiger partial charge in [-0.15, -0.1) is 0 Å². The Morgan fingerprint density at radius 1 is 1.14 bits per heavy atom. The average molecular weight is 314 g/mol. The average Bonchev–Trinajstić information content (AvgIpc) is 2.54. The van der Waals surface area contributed by atoms with Crippen molar-refractivity contribution in [2.45, 2.75) is 26.3 Å². The number of nitrogens with one attached hydrogen (secondary N) is 1. The fourth-order valence-electron chi connectivity index (χ4n) is 2.05. The van der Waals surface area contributed by atoms with E-state index in [1.54, 1.807) is 0 Å². The molecule has 1 unspecified atom stereocenters. The van der Waals surface area contributed by atoms with Crippen molar-refractivity contribution in [1.82, 2.24) is 5.32 Å². The molecule has 2 aromatic rings. The first-order valence-electron chi connectivity index (χ1n) is 7.44. The largest absolute Gasteiger partial charge is 0.350 e. The molecule has 0 saturated carbocycles. The molecule has 0 aliphatic rings. The third kappa shape index (κ3) is 4.22. The number of carbonyl (C=O) groups is 1. The molecule has 2 nitrogen and oxygen atoms in total. The van der Waals surface area contributed by atoms with Crippen LogP contribution in [0, 0.1) is 0 Å². The van der Waals surface area contributed by atoms with Crippen molar-refractivity contribution in [2.75, 3.05) is 0 Å². The van der Waals surface area contributed by atoms with Gasteiger partial charge in [-0.1, -0.05) is 67.1 Å². The molecule has 0 aliphatic heterocycles. The summed E-state index contributed by atoms with van der Waals surface area (Å²) >= 11 is 6.22. The van der Waals surface area contributed by atoms with Crippen LogP contribution in [0.3, 0.4) is 0 Å². The molecule has 0 aliphatic carbocycles. The van der Waals surface area contributed by atoms with Crippen LogP contribution in [-0.4, -0.2) is 11.9 Å². The summed E-state index contributed by atoms with van der Waals surface area (Å²) in [6, 6.07) is 17.3. The Hall–Kier alpha value is -2.06. The van der Waals surface area contributed by atoms with E-state index in [1.807, 2.05) is 74.5 Å². The second-order valence-corrected chi connectivity index (χ2v) is 5.64. The summed E-state index contributed by atoms with van der Waals surface area (Å²) in [5, 5.41) is 3.65. The van der Waals surface area contributed by atoms with Gasteiger partial charge in [0.2, 0.25) is 0 Å². The zero-order valence-corrected chi connectivity index (χ0v) is 13.6. The molecule has 0 aromatic heterocycles. The van der Waals surface area contributed by atoms with Gasteiger partial charge in [-0.3, -0.25) is 4.79 Å². The van der Waals surface area contributed by atoms with Crippen molar-refractivity contribution in [3.63, 3.8) is 0 Å². The number of carbonyl (C=O) groups excluding carboxylic acids is 1. The van der Waals surface area contributed by atoms with E-state index in [9.17, 15) is 4.79 Å². The predicted octanol–water partition coefficient (Wildman–Crippen LogP) is 4.80. The van der Waals surface area contributed by atoms with Crippen LogP contribution in [0.5, 0.6) is 0 Å². The van der Waals surface area contributed by atoms with Crippen LogP contribution in [0.15, 0.2) is 54.6 Å². The van der Waals surface area contributed by atoms with Crippen molar-refractivity contribution in [1.29, 1.82) is 0 Å². The van der Waals surface area contributed by atoms with Gasteiger partial charge in [0.1, 0.15) is 0 Å². The van der Waals surface area contributed by atoms with E-state index < -0.39 is 0 Å². The lowest BCUT2D eigenvalue weighted by Crippen LogP contribution is -2.32. The Kier molecular flexibility index (Phi) is 5.79. The molecule has 0 spiro atoms. The van der Waals surface area contributed by atoms with Crippen molar-refractivity contribution < 1.29 is 4.79 Å². The smallest absolute Gasteiger partial charge is 0.252 e. The molecule has 1 atom stereocenters. The molecule has 2 rings (SSSR count). The standard InChI is InChI=1S/C19H20ClNO/c1-3-14(2)21-19(22)17(15-9-5-4-6-10-15)13-16-11-7-8-12-18(16)20/h4-14H,3H2,1-2H3,(H,21,22). The SMILES string of the molecule is CCC(C)NC(=O)C(=Cc1ccccc1Cl)c1ccccc1. The van der Waals surface area contributed by atoms with Crippen LogP contribution >= 0.6 is 11.6 Å². The first-order chi connectivity index (χ1) is 10.6. The molecule has 0 fully saturated rings. The highest BCUT2D eigenvalue weighted by Gasteiger charge is 2.14. The van der Waals surface area contributed by atoms with Gasteiger partial charge >= 0.3 is 0 Å². The van der Waals surface area contributed by atoms with E-state index in [0.29, 0.717) is 10.6 Å². The van der Waals surface area contributed by atoms with Gasteiger partial charge in [-0.2, -0.15) is 0 Å². The van der Waals surface area contributed by atoms with E-state index in [-0.39, 0.29) is 11.9 Å². The number of halogens is 1. The topological polar surface area (TPSA) is 29.1 Å². The molecule has 1 N–H and O–H groups in total. The monoisotopic (exact) mass is 313 g/mol. The van der Waals surface area contributed by atoms with Gasteiger partial charge in [0.15, 0.2) is 0 Å². The third-order valence-electron chi connectivity index (χ3n) is 3.52. The van der Waals surface area contributed by atoms with Gasteiger partial charge in [0.05, 0.1) is 0 Å². The first kappa shape index (κ1) is 16.3. The van der Waals surface area contributed by atoms with Gasteiger partial charge < -0.3 is 5.32 Å². The fraction of sp³-hybridized carbons (Fsp3) is 0.211. The lowest BCUT2D eigenvalue weighted by atomic mass is 10.0. The number of benzene rings is 2. The minimum Gasteiger partial charge on any atom is -0.350 e. The van der Waals surface area contributed by atoms with E-state index in [2.05, 4.69) is 5.32 Å². The molecule has 2 aromatic carbocycles. The van der Waals surface area contributed by atoms with Crippen LogP contribution in [-0.2, 0) is 4.79 Å². The molecule has 1 amide bonds. The number of hydrogen-bond acceptors (Lipinski definition) is 1.